The fraction of sp³-hybridized carbons (Fsp3) is 0.618. The van der Waals surface area contributed by atoms with Crippen LogP contribution in [0.15, 0.2) is 24.3 Å². The molecule has 0 bridgehead atoms. The number of aliphatic hydroxyl groups is 1. The van der Waals surface area contributed by atoms with Gasteiger partial charge >= 0.3 is 30.0 Å². The van der Waals surface area contributed by atoms with Gasteiger partial charge in [-0.3, -0.25) is 33.6 Å². The first kappa shape index (κ1) is 45.5. The Labute approximate surface area is 318 Å². The highest BCUT2D eigenvalue weighted by Gasteiger charge is 2.55. The molecule has 2 aliphatic rings. The lowest BCUT2D eigenvalue weighted by molar-refractivity contribution is -0.321. The van der Waals surface area contributed by atoms with Gasteiger partial charge in [-0.05, 0) is 24.1 Å². The molecule has 19 nitrogen and oxygen atoms in total. The Bertz CT molecular complexity index is 1580. The van der Waals surface area contributed by atoms with Gasteiger partial charge in [-0.2, -0.15) is 13.2 Å². The van der Waals surface area contributed by atoms with E-state index in [2.05, 4.69) is 16.0 Å². The van der Waals surface area contributed by atoms with E-state index in [1.807, 2.05) is 0 Å². The fourth-order valence-electron chi connectivity index (χ4n) is 6.01. The summed E-state index contributed by atoms with van der Waals surface area (Å²) in [5, 5.41) is 20.1. The van der Waals surface area contributed by atoms with E-state index in [0.717, 1.165) is 34.6 Å². The second-order valence-corrected chi connectivity index (χ2v) is 12.8. The van der Waals surface area contributed by atoms with Crippen LogP contribution in [-0.4, -0.2) is 134 Å². The zero-order chi connectivity index (χ0) is 41.9. The van der Waals surface area contributed by atoms with Gasteiger partial charge in [-0.1, -0.05) is 12.1 Å². The number of hydrogen-bond donors (Lipinski definition) is 5. The Balaban J connectivity index is 1.95. The Morgan fingerprint density at radius 2 is 1.23 bits per heavy atom. The normalized spacial score (nSPS) is 27.5. The summed E-state index contributed by atoms with van der Waals surface area (Å²) in [6.45, 7) is 5.22. The number of carbonyl (C=O) groups excluding carboxylic acids is 7. The van der Waals surface area contributed by atoms with E-state index >= 15 is 0 Å². The predicted molar refractivity (Wildman–Crippen MR) is 181 cm³/mol. The van der Waals surface area contributed by atoms with Crippen molar-refractivity contribution in [3.8, 4) is 0 Å². The molecule has 10 atom stereocenters. The molecule has 2 heterocycles. The highest BCUT2D eigenvalue weighted by Crippen LogP contribution is 2.32. The van der Waals surface area contributed by atoms with Gasteiger partial charge in [0, 0.05) is 47.2 Å². The number of halogens is 3. The van der Waals surface area contributed by atoms with Crippen LogP contribution >= 0.6 is 0 Å². The van der Waals surface area contributed by atoms with Crippen molar-refractivity contribution in [2.75, 3.05) is 25.1 Å². The zero-order valence-electron chi connectivity index (χ0n) is 31.2. The SMILES string of the molecule is CC(=O)N[C@@H]1[C@@H](OCCc2ccc(NC(=O)C(F)(F)F)cc2)O[C@H](CO)[C@@H](O[C@H]2O[C@H](COC(C)=O)[C@@H](OC(C)=O)[C@H](OC(C)=O)[C@H]2NC(C)=O)[C@@H]1NC(C)=O. The number of hydrogen-bond acceptors (Lipinski definition) is 15. The minimum Gasteiger partial charge on any atom is -0.463 e. The van der Waals surface area contributed by atoms with E-state index in [0.29, 0.717) is 5.56 Å². The van der Waals surface area contributed by atoms with Crippen LogP contribution in [0, 0.1) is 0 Å². The second-order valence-electron chi connectivity index (χ2n) is 12.8. The van der Waals surface area contributed by atoms with E-state index in [1.165, 1.54) is 31.2 Å². The molecule has 0 aliphatic carbocycles. The Hall–Kier alpha value is -4.90. The van der Waals surface area contributed by atoms with Gasteiger partial charge in [-0.15, -0.1) is 0 Å². The molecule has 2 aliphatic heterocycles. The van der Waals surface area contributed by atoms with Gasteiger partial charge in [-0.25, -0.2) is 0 Å². The summed E-state index contributed by atoms with van der Waals surface area (Å²) in [6, 6.07) is 1.47. The molecule has 312 valence electrons. The minimum absolute atomic E-state index is 0.102. The molecule has 0 saturated carbocycles. The average molecular weight is 807 g/mol. The van der Waals surface area contributed by atoms with Crippen molar-refractivity contribution in [1.82, 2.24) is 16.0 Å². The number of nitrogens with one attached hydrogen (secondary N) is 4. The van der Waals surface area contributed by atoms with E-state index < -0.39 is 122 Å². The molecule has 2 fully saturated rings. The highest BCUT2D eigenvalue weighted by molar-refractivity contribution is 5.94. The lowest BCUT2D eigenvalue weighted by Gasteiger charge is -2.50. The Morgan fingerprint density at radius 3 is 1.75 bits per heavy atom. The number of esters is 3. The molecule has 4 amide bonds. The van der Waals surface area contributed by atoms with Crippen molar-refractivity contribution in [2.45, 2.75) is 115 Å². The topological polar surface area (TPSA) is 252 Å². The third-order valence-corrected chi connectivity index (χ3v) is 8.13. The first-order valence-electron chi connectivity index (χ1n) is 17.1. The summed E-state index contributed by atoms with van der Waals surface area (Å²) < 4.78 is 78.3. The first-order valence-corrected chi connectivity index (χ1v) is 17.1. The average Bonchev–Trinajstić information content (AvgIpc) is 3.07. The standard InChI is InChI=1S/C34H45F3N4O15/c1-15(43)38-25-26(39-16(2)44)31(50-12-11-21-7-9-22(10-8-21)41-33(49)34(35,36)37)54-23(13-42)28(25)56-32-27(40-17(3)45)30(53-20(6)48)29(52-19(5)47)24(55-32)14-51-18(4)46/h7-10,23-32,42H,11-14H2,1-6H3,(H,38,43)(H,39,44)(H,40,45)(H,41,49)/t23-,24-,25-,26+,27-,28-,29-,30-,31+,32-/m1/s1. The van der Waals surface area contributed by atoms with Crippen LogP contribution in [0.3, 0.4) is 0 Å². The molecule has 0 unspecified atom stereocenters. The van der Waals surface area contributed by atoms with Crippen LogP contribution in [0.1, 0.15) is 47.1 Å². The number of aliphatic hydroxyl groups excluding tert-OH is 1. The molecular formula is C34H45F3N4O15. The zero-order valence-corrected chi connectivity index (χ0v) is 31.2. The van der Waals surface area contributed by atoms with Gasteiger partial charge in [0.25, 0.3) is 0 Å². The smallest absolute Gasteiger partial charge is 0.463 e. The number of alkyl halides is 3. The molecule has 0 spiro atoms. The largest absolute Gasteiger partial charge is 0.471 e. The van der Waals surface area contributed by atoms with Crippen LogP contribution < -0.4 is 21.3 Å². The third-order valence-electron chi connectivity index (χ3n) is 8.13. The number of carbonyl (C=O) groups is 7. The van der Waals surface area contributed by atoms with Crippen molar-refractivity contribution < 1.29 is 85.0 Å². The maximum absolute atomic E-state index is 12.6. The minimum atomic E-state index is -5.08. The highest BCUT2D eigenvalue weighted by atomic mass is 19.4. The summed E-state index contributed by atoms with van der Waals surface area (Å²) in [4.78, 5) is 85.0. The van der Waals surface area contributed by atoms with Crippen molar-refractivity contribution in [3.63, 3.8) is 0 Å². The Morgan fingerprint density at radius 1 is 0.696 bits per heavy atom. The van der Waals surface area contributed by atoms with E-state index in [1.54, 1.807) is 5.32 Å². The molecule has 0 aromatic heterocycles. The Kier molecular flexibility index (Phi) is 16.5. The number of rotatable bonds is 15. The van der Waals surface area contributed by atoms with Gasteiger partial charge in [0.2, 0.25) is 17.7 Å². The molecule has 1 aromatic carbocycles. The molecule has 0 radical (unpaired) electrons. The summed E-state index contributed by atoms with van der Waals surface area (Å²) in [7, 11) is 0. The summed E-state index contributed by atoms with van der Waals surface area (Å²) in [6.07, 6.45) is -15.1. The van der Waals surface area contributed by atoms with E-state index in [-0.39, 0.29) is 18.7 Å². The van der Waals surface area contributed by atoms with E-state index in [9.17, 15) is 51.8 Å². The van der Waals surface area contributed by atoms with Gasteiger partial charge in [0.15, 0.2) is 24.8 Å². The van der Waals surface area contributed by atoms with Gasteiger partial charge < -0.3 is 59.5 Å². The maximum Gasteiger partial charge on any atom is 0.471 e. The number of amides is 4. The molecule has 22 heteroatoms. The van der Waals surface area contributed by atoms with Crippen molar-refractivity contribution in [1.29, 1.82) is 0 Å². The summed E-state index contributed by atoms with van der Waals surface area (Å²) in [5.41, 5.74) is 0.464. The first-order chi connectivity index (χ1) is 26.2. The lowest BCUT2D eigenvalue weighted by atomic mass is 9.92. The van der Waals surface area contributed by atoms with Gasteiger partial charge in [0.1, 0.15) is 37.0 Å². The maximum atomic E-state index is 12.6. The monoisotopic (exact) mass is 806 g/mol. The lowest BCUT2D eigenvalue weighted by Crippen LogP contribution is -2.72. The van der Waals surface area contributed by atoms with E-state index in [4.69, 9.17) is 33.2 Å². The summed E-state index contributed by atoms with van der Waals surface area (Å²) in [5.74, 6) is -6.50. The number of benzene rings is 1. The van der Waals surface area contributed by atoms with Crippen molar-refractivity contribution in [2.24, 2.45) is 0 Å². The second kappa shape index (κ2) is 20.3. The van der Waals surface area contributed by atoms with Crippen LogP contribution in [0.25, 0.3) is 0 Å². The summed E-state index contributed by atoms with van der Waals surface area (Å²) >= 11 is 0. The predicted octanol–water partition coefficient (Wildman–Crippen LogP) is -0.486. The van der Waals surface area contributed by atoms with Crippen LogP contribution in [0.5, 0.6) is 0 Å². The molecule has 3 rings (SSSR count). The van der Waals surface area contributed by atoms with Crippen LogP contribution in [0.2, 0.25) is 0 Å². The fourth-order valence-corrected chi connectivity index (χ4v) is 6.01. The molecule has 1 aromatic rings. The molecule has 2 saturated heterocycles. The van der Waals surface area contributed by atoms with Crippen molar-refractivity contribution >= 4 is 47.2 Å². The van der Waals surface area contributed by atoms with Crippen LogP contribution in [0.4, 0.5) is 18.9 Å². The third kappa shape index (κ3) is 13.4. The quantitative estimate of drug-likeness (QED) is 0.111. The van der Waals surface area contributed by atoms with Gasteiger partial charge in [0.05, 0.1) is 19.3 Å². The molecular weight excluding hydrogens is 761 g/mol. The molecule has 5 N–H and O–H groups in total. The molecule has 56 heavy (non-hydrogen) atoms. The number of anilines is 1. The number of ether oxygens (including phenoxy) is 7. The van der Waals surface area contributed by atoms with Crippen LogP contribution in [-0.2, 0) is 73.1 Å². The van der Waals surface area contributed by atoms with Crippen molar-refractivity contribution in [3.05, 3.63) is 29.8 Å².